The zero-order chi connectivity index (χ0) is 17.3. The molecule has 24 heavy (non-hydrogen) atoms. The lowest BCUT2D eigenvalue weighted by Crippen LogP contribution is -2.47. The van der Waals surface area contributed by atoms with Gasteiger partial charge in [-0.2, -0.15) is 5.10 Å². The van der Waals surface area contributed by atoms with Gasteiger partial charge in [-0.15, -0.1) is 0 Å². The standard InChI is InChI=1S/C17H18BrN3O3/c1-11-2-3-12(17(23)24)9-20(11)16(22)13-8-19-21(10-13)15-6-4-14(18)5-7-15/h4-8,10-12H,2-3,9H2,1H3,(H,23,24). The van der Waals surface area contributed by atoms with Gasteiger partial charge in [0, 0.05) is 23.3 Å². The van der Waals surface area contributed by atoms with E-state index < -0.39 is 11.9 Å². The van der Waals surface area contributed by atoms with E-state index in [2.05, 4.69) is 21.0 Å². The number of carboxylic acid groups (broad SMARTS) is 1. The van der Waals surface area contributed by atoms with Crippen LogP contribution in [0.1, 0.15) is 30.1 Å². The number of likely N-dealkylation sites (tertiary alicyclic amines) is 1. The van der Waals surface area contributed by atoms with E-state index in [1.807, 2.05) is 31.2 Å². The Hall–Kier alpha value is -2.15. The van der Waals surface area contributed by atoms with Gasteiger partial charge in [0.1, 0.15) is 0 Å². The number of rotatable bonds is 3. The second-order valence-electron chi connectivity index (χ2n) is 6.07. The number of halogens is 1. The highest BCUT2D eigenvalue weighted by atomic mass is 79.9. The third kappa shape index (κ3) is 3.36. The quantitative estimate of drug-likeness (QED) is 0.872. The Labute approximate surface area is 148 Å². The first-order chi connectivity index (χ1) is 11.5. The molecule has 2 heterocycles. The predicted molar refractivity (Wildman–Crippen MR) is 92.1 cm³/mol. The highest BCUT2D eigenvalue weighted by Gasteiger charge is 2.33. The Morgan fingerprint density at radius 3 is 2.62 bits per heavy atom. The van der Waals surface area contributed by atoms with Crippen molar-refractivity contribution in [1.82, 2.24) is 14.7 Å². The van der Waals surface area contributed by atoms with E-state index in [9.17, 15) is 14.7 Å². The molecule has 1 aromatic carbocycles. The van der Waals surface area contributed by atoms with Gasteiger partial charge in [0.25, 0.3) is 5.91 Å². The third-order valence-electron chi connectivity index (χ3n) is 4.41. The first-order valence-electron chi connectivity index (χ1n) is 7.80. The van der Waals surface area contributed by atoms with Crippen molar-refractivity contribution >= 4 is 27.8 Å². The van der Waals surface area contributed by atoms with E-state index in [1.165, 1.54) is 6.20 Å². The van der Waals surface area contributed by atoms with Gasteiger partial charge in [-0.3, -0.25) is 9.59 Å². The zero-order valence-electron chi connectivity index (χ0n) is 13.2. The normalized spacial score (nSPS) is 20.8. The Morgan fingerprint density at radius 1 is 1.25 bits per heavy atom. The number of hydrogen-bond donors (Lipinski definition) is 1. The fraction of sp³-hybridized carbons (Fsp3) is 0.353. The van der Waals surface area contributed by atoms with E-state index in [4.69, 9.17) is 0 Å². The Balaban J connectivity index is 1.80. The van der Waals surface area contributed by atoms with Gasteiger partial charge in [-0.1, -0.05) is 15.9 Å². The summed E-state index contributed by atoms with van der Waals surface area (Å²) in [5.74, 6) is -1.51. The molecule has 2 atom stereocenters. The highest BCUT2D eigenvalue weighted by molar-refractivity contribution is 9.10. The maximum absolute atomic E-state index is 12.7. The van der Waals surface area contributed by atoms with Crippen LogP contribution in [0.2, 0.25) is 0 Å². The molecule has 0 bridgehead atoms. The molecule has 2 aromatic rings. The molecule has 0 saturated carbocycles. The number of amides is 1. The lowest BCUT2D eigenvalue weighted by Gasteiger charge is -2.36. The number of carbonyl (C=O) groups is 2. The molecule has 0 aliphatic carbocycles. The van der Waals surface area contributed by atoms with E-state index in [0.717, 1.165) is 10.2 Å². The van der Waals surface area contributed by atoms with Crippen LogP contribution in [0.4, 0.5) is 0 Å². The molecule has 1 amide bonds. The monoisotopic (exact) mass is 391 g/mol. The van der Waals surface area contributed by atoms with Crippen LogP contribution in [-0.2, 0) is 4.79 Å². The van der Waals surface area contributed by atoms with Crippen molar-refractivity contribution in [3.63, 3.8) is 0 Å². The second kappa shape index (κ2) is 6.76. The summed E-state index contributed by atoms with van der Waals surface area (Å²) in [6.45, 7) is 2.20. The van der Waals surface area contributed by atoms with Crippen molar-refractivity contribution in [3.05, 3.63) is 46.7 Å². The smallest absolute Gasteiger partial charge is 0.308 e. The van der Waals surface area contributed by atoms with Gasteiger partial charge in [-0.25, -0.2) is 4.68 Å². The minimum Gasteiger partial charge on any atom is -0.481 e. The number of benzene rings is 1. The van der Waals surface area contributed by atoms with Gasteiger partial charge in [0.15, 0.2) is 0 Å². The molecule has 3 rings (SSSR count). The number of piperidine rings is 1. The summed E-state index contributed by atoms with van der Waals surface area (Å²) in [6.07, 6.45) is 4.52. The van der Waals surface area contributed by atoms with Gasteiger partial charge in [0.2, 0.25) is 0 Å². The second-order valence-corrected chi connectivity index (χ2v) is 6.98. The molecule has 126 valence electrons. The topological polar surface area (TPSA) is 75.4 Å². The highest BCUT2D eigenvalue weighted by Crippen LogP contribution is 2.24. The average molecular weight is 392 g/mol. The van der Waals surface area contributed by atoms with E-state index in [-0.39, 0.29) is 18.5 Å². The summed E-state index contributed by atoms with van der Waals surface area (Å²) in [7, 11) is 0. The maximum atomic E-state index is 12.7. The molecule has 1 fully saturated rings. The Morgan fingerprint density at radius 2 is 1.96 bits per heavy atom. The SMILES string of the molecule is CC1CCC(C(=O)O)CN1C(=O)c1cnn(-c2ccc(Br)cc2)c1. The molecule has 1 aromatic heterocycles. The fourth-order valence-corrected chi connectivity index (χ4v) is 3.19. The molecule has 1 saturated heterocycles. The lowest BCUT2D eigenvalue weighted by molar-refractivity contribution is -0.143. The minimum atomic E-state index is -0.842. The van der Waals surface area contributed by atoms with Gasteiger partial charge in [-0.05, 0) is 44.0 Å². The van der Waals surface area contributed by atoms with Gasteiger partial charge >= 0.3 is 5.97 Å². The summed E-state index contributed by atoms with van der Waals surface area (Å²) >= 11 is 3.38. The predicted octanol–water partition coefficient (Wildman–Crippen LogP) is 2.96. The molecule has 1 N–H and O–H groups in total. The number of carbonyl (C=O) groups excluding carboxylic acids is 1. The van der Waals surface area contributed by atoms with Crippen LogP contribution in [0.15, 0.2) is 41.1 Å². The summed E-state index contributed by atoms with van der Waals surface area (Å²) in [4.78, 5) is 25.6. The molecule has 1 aliphatic heterocycles. The van der Waals surface area contributed by atoms with Crippen LogP contribution in [0.5, 0.6) is 0 Å². The van der Waals surface area contributed by atoms with Crippen molar-refractivity contribution in [2.45, 2.75) is 25.8 Å². The molecule has 0 spiro atoms. The molecular formula is C17H18BrN3O3. The van der Waals surface area contributed by atoms with E-state index in [1.54, 1.807) is 15.8 Å². The Kier molecular flexibility index (Phi) is 4.71. The van der Waals surface area contributed by atoms with E-state index >= 15 is 0 Å². The largest absolute Gasteiger partial charge is 0.481 e. The van der Waals surface area contributed by atoms with E-state index in [0.29, 0.717) is 18.4 Å². The number of aliphatic carboxylic acids is 1. The molecule has 1 aliphatic rings. The van der Waals surface area contributed by atoms with Crippen LogP contribution in [0, 0.1) is 5.92 Å². The van der Waals surface area contributed by atoms with Gasteiger partial charge in [0.05, 0.1) is 23.4 Å². The van der Waals surface area contributed by atoms with Crippen LogP contribution in [0.3, 0.4) is 0 Å². The average Bonchev–Trinajstić information content (AvgIpc) is 3.05. The van der Waals surface area contributed by atoms with Crippen LogP contribution < -0.4 is 0 Å². The fourth-order valence-electron chi connectivity index (χ4n) is 2.93. The Bertz CT molecular complexity index is 757. The minimum absolute atomic E-state index is 0.0316. The van der Waals surface area contributed by atoms with Crippen molar-refractivity contribution in [1.29, 1.82) is 0 Å². The maximum Gasteiger partial charge on any atom is 0.308 e. The number of carboxylic acids is 1. The molecule has 6 nitrogen and oxygen atoms in total. The first-order valence-corrected chi connectivity index (χ1v) is 8.59. The van der Waals surface area contributed by atoms with Crippen molar-refractivity contribution in [3.8, 4) is 5.69 Å². The number of aromatic nitrogens is 2. The van der Waals surface area contributed by atoms with Crippen LogP contribution in [-0.4, -0.2) is 44.3 Å². The molecular weight excluding hydrogens is 374 g/mol. The molecule has 7 heteroatoms. The van der Waals surface area contributed by atoms with Crippen molar-refractivity contribution in [2.24, 2.45) is 5.92 Å². The first kappa shape index (κ1) is 16.7. The molecule has 2 unspecified atom stereocenters. The number of nitrogens with zero attached hydrogens (tertiary/aromatic N) is 3. The summed E-state index contributed by atoms with van der Waals surface area (Å²) in [5, 5.41) is 13.5. The molecule has 0 radical (unpaired) electrons. The summed E-state index contributed by atoms with van der Waals surface area (Å²) < 4.78 is 2.61. The van der Waals surface area contributed by atoms with Crippen LogP contribution >= 0.6 is 15.9 Å². The third-order valence-corrected chi connectivity index (χ3v) is 4.94. The summed E-state index contributed by atoms with van der Waals surface area (Å²) in [5.41, 5.74) is 1.32. The number of hydrogen-bond acceptors (Lipinski definition) is 3. The zero-order valence-corrected chi connectivity index (χ0v) is 14.8. The van der Waals surface area contributed by atoms with Crippen molar-refractivity contribution < 1.29 is 14.7 Å². The lowest BCUT2D eigenvalue weighted by atomic mass is 9.93. The summed E-state index contributed by atoms with van der Waals surface area (Å²) in [6, 6.07) is 7.64. The van der Waals surface area contributed by atoms with Crippen molar-refractivity contribution in [2.75, 3.05) is 6.54 Å². The van der Waals surface area contributed by atoms with Gasteiger partial charge < -0.3 is 10.0 Å². The van der Waals surface area contributed by atoms with Crippen LogP contribution in [0.25, 0.3) is 5.69 Å².